The summed E-state index contributed by atoms with van der Waals surface area (Å²) in [6.45, 7) is 2.02. The van der Waals surface area contributed by atoms with E-state index in [0.717, 1.165) is 31.8 Å². The second-order valence-corrected chi connectivity index (χ2v) is 14.7. The SMILES string of the molecule is Cc1onc2c1c(=O)n(C1CCCC(CNC(=O)c3cccc(N(S(C)(=O)=O)S(C)(=O)=O)c3)C1)c1cccc(Cl)c21. The molecular formula is C27H29ClN4O7S2. The number of fused-ring (bicyclic) bond motifs is 3. The molecule has 41 heavy (non-hydrogen) atoms. The van der Waals surface area contributed by atoms with E-state index < -0.39 is 26.0 Å². The van der Waals surface area contributed by atoms with Gasteiger partial charge >= 0.3 is 0 Å². The van der Waals surface area contributed by atoms with Crippen molar-refractivity contribution in [3.63, 3.8) is 0 Å². The van der Waals surface area contributed by atoms with Crippen LogP contribution in [0.1, 0.15) is 47.8 Å². The summed E-state index contributed by atoms with van der Waals surface area (Å²) in [4.78, 5) is 26.7. The fraction of sp³-hybridized carbons (Fsp3) is 0.370. The molecule has 11 nitrogen and oxygen atoms in total. The third-order valence-electron chi connectivity index (χ3n) is 7.38. The molecule has 2 aromatic heterocycles. The number of nitrogens with one attached hydrogen (secondary N) is 1. The van der Waals surface area contributed by atoms with Crippen molar-refractivity contribution >= 4 is 65.0 Å². The molecule has 0 radical (unpaired) electrons. The molecule has 2 unspecified atom stereocenters. The van der Waals surface area contributed by atoms with Crippen molar-refractivity contribution in [1.82, 2.24) is 15.0 Å². The first-order valence-corrected chi connectivity index (χ1v) is 17.0. The third kappa shape index (κ3) is 5.57. The van der Waals surface area contributed by atoms with Gasteiger partial charge in [-0.25, -0.2) is 16.8 Å². The Labute approximate surface area is 242 Å². The first kappa shape index (κ1) is 29.1. The van der Waals surface area contributed by atoms with Crippen molar-refractivity contribution in [2.45, 2.75) is 38.6 Å². The molecule has 1 N–H and O–H groups in total. The van der Waals surface area contributed by atoms with E-state index in [4.69, 9.17) is 16.1 Å². The molecule has 1 aliphatic rings. The molecule has 218 valence electrons. The highest BCUT2D eigenvalue weighted by molar-refractivity contribution is 8.09. The number of hydrogen-bond acceptors (Lipinski definition) is 8. The second kappa shape index (κ2) is 10.8. The zero-order valence-electron chi connectivity index (χ0n) is 22.6. The van der Waals surface area contributed by atoms with Crippen LogP contribution in [0.3, 0.4) is 0 Å². The molecule has 0 spiro atoms. The van der Waals surface area contributed by atoms with Gasteiger partial charge in [0.05, 0.1) is 28.7 Å². The predicted octanol–water partition coefficient (Wildman–Crippen LogP) is 3.99. The number of amides is 1. The Hall–Kier alpha value is -3.42. The largest absolute Gasteiger partial charge is 0.360 e. The molecule has 0 saturated heterocycles. The molecule has 1 amide bonds. The number of carbonyl (C=O) groups excluding carboxylic acids is 1. The van der Waals surface area contributed by atoms with Crippen LogP contribution < -0.4 is 14.6 Å². The van der Waals surface area contributed by atoms with Crippen LogP contribution >= 0.6 is 11.6 Å². The van der Waals surface area contributed by atoms with Crippen LogP contribution in [0.4, 0.5) is 5.69 Å². The lowest BCUT2D eigenvalue weighted by Gasteiger charge is -2.31. The van der Waals surface area contributed by atoms with Gasteiger partial charge in [-0.2, -0.15) is 3.71 Å². The number of rotatable bonds is 7. The molecule has 2 aromatic carbocycles. The van der Waals surface area contributed by atoms with Gasteiger partial charge < -0.3 is 14.4 Å². The van der Waals surface area contributed by atoms with Crippen molar-refractivity contribution in [3.8, 4) is 0 Å². The van der Waals surface area contributed by atoms with Crippen molar-refractivity contribution in [3.05, 3.63) is 69.2 Å². The molecule has 0 aliphatic heterocycles. The minimum absolute atomic E-state index is 0.0600. The van der Waals surface area contributed by atoms with Gasteiger partial charge in [-0.1, -0.05) is 35.3 Å². The smallest absolute Gasteiger partial charge is 0.264 e. The summed E-state index contributed by atoms with van der Waals surface area (Å²) in [7, 11) is -8.29. The molecule has 14 heteroatoms. The summed E-state index contributed by atoms with van der Waals surface area (Å²) in [5, 5.41) is 8.53. The number of aromatic nitrogens is 2. The number of sulfonamides is 2. The first-order chi connectivity index (χ1) is 19.3. The molecule has 1 fully saturated rings. The Bertz CT molecular complexity index is 1920. The van der Waals surface area contributed by atoms with Crippen molar-refractivity contribution in [1.29, 1.82) is 0 Å². The highest BCUT2D eigenvalue weighted by atomic mass is 35.5. The van der Waals surface area contributed by atoms with Crippen molar-refractivity contribution < 1.29 is 26.2 Å². The highest BCUT2D eigenvalue weighted by Crippen LogP contribution is 2.37. The molecular weight excluding hydrogens is 592 g/mol. The van der Waals surface area contributed by atoms with Crippen LogP contribution in [0.5, 0.6) is 0 Å². The molecule has 4 aromatic rings. The molecule has 5 rings (SSSR count). The number of nitrogens with zero attached hydrogens (tertiary/aromatic N) is 3. The minimum atomic E-state index is -4.15. The number of anilines is 1. The fourth-order valence-corrected chi connectivity index (χ4v) is 8.97. The van der Waals surface area contributed by atoms with E-state index in [1.165, 1.54) is 24.3 Å². The highest BCUT2D eigenvalue weighted by Gasteiger charge is 2.30. The minimum Gasteiger partial charge on any atom is -0.360 e. The average Bonchev–Trinajstić information content (AvgIpc) is 3.27. The quantitative estimate of drug-likeness (QED) is 0.326. The fourth-order valence-electron chi connectivity index (χ4n) is 5.75. The van der Waals surface area contributed by atoms with Crippen LogP contribution in [-0.2, 0) is 20.0 Å². The lowest BCUT2D eigenvalue weighted by molar-refractivity contribution is 0.0940. The van der Waals surface area contributed by atoms with Gasteiger partial charge in [0.25, 0.3) is 11.5 Å². The van der Waals surface area contributed by atoms with Gasteiger partial charge in [0.15, 0.2) is 0 Å². The Morgan fingerprint density at radius 2 is 1.80 bits per heavy atom. The standard InChI is InChI=1S/C27H29ClN4O7S2/c1-16-23-25(30-39-16)24-21(28)11-6-12-22(24)31(27(23)34)19-9-4-7-17(13-19)15-29-26(33)18-8-5-10-20(14-18)32(40(2,35)36)41(3,37)38/h5-6,8,10-12,14,17,19H,4,7,9,13,15H2,1-3H3,(H,29,33). The summed E-state index contributed by atoms with van der Waals surface area (Å²) in [5.41, 5.74) is 0.899. The van der Waals surface area contributed by atoms with Crippen molar-refractivity contribution in [2.75, 3.05) is 22.8 Å². The van der Waals surface area contributed by atoms with Gasteiger partial charge in [-0.05, 0) is 62.4 Å². The predicted molar refractivity (Wildman–Crippen MR) is 157 cm³/mol. The average molecular weight is 621 g/mol. The first-order valence-electron chi connectivity index (χ1n) is 12.9. The van der Waals surface area contributed by atoms with Crippen LogP contribution in [-0.4, -0.2) is 51.5 Å². The summed E-state index contributed by atoms with van der Waals surface area (Å²) in [6, 6.07) is 10.7. The summed E-state index contributed by atoms with van der Waals surface area (Å²) < 4.78 is 56.0. The molecule has 2 atom stereocenters. The van der Waals surface area contributed by atoms with Gasteiger partial charge in [0, 0.05) is 23.5 Å². The normalized spacial score (nSPS) is 18.0. The number of halogens is 1. The maximum Gasteiger partial charge on any atom is 0.264 e. The van der Waals surface area contributed by atoms with Crippen LogP contribution in [0.15, 0.2) is 51.8 Å². The Morgan fingerprint density at radius 1 is 1.10 bits per heavy atom. The van der Waals surface area contributed by atoms with E-state index in [1.807, 2.05) is 6.07 Å². The topological polar surface area (TPSA) is 149 Å². The zero-order chi connectivity index (χ0) is 29.7. The monoisotopic (exact) mass is 620 g/mol. The number of aryl methyl sites for hydroxylation is 1. The Kier molecular flexibility index (Phi) is 7.64. The van der Waals surface area contributed by atoms with Crippen LogP contribution in [0, 0.1) is 12.8 Å². The maximum absolute atomic E-state index is 13.7. The number of pyridine rings is 1. The number of hydrogen-bond donors (Lipinski definition) is 1. The van der Waals surface area contributed by atoms with Gasteiger partial charge in [-0.15, -0.1) is 0 Å². The van der Waals surface area contributed by atoms with Crippen LogP contribution in [0.2, 0.25) is 5.02 Å². The third-order valence-corrected chi connectivity index (χ3v) is 10.9. The van der Waals surface area contributed by atoms with E-state index in [0.29, 0.717) is 49.3 Å². The van der Waals surface area contributed by atoms with E-state index in [1.54, 1.807) is 23.6 Å². The molecule has 1 aliphatic carbocycles. The van der Waals surface area contributed by atoms with Gasteiger partial charge in [0.2, 0.25) is 20.0 Å². The van der Waals surface area contributed by atoms with E-state index in [-0.39, 0.29) is 28.8 Å². The molecule has 1 saturated carbocycles. The zero-order valence-corrected chi connectivity index (χ0v) is 25.0. The Balaban J connectivity index is 1.38. The van der Waals surface area contributed by atoms with Crippen molar-refractivity contribution in [2.24, 2.45) is 5.92 Å². The summed E-state index contributed by atoms with van der Waals surface area (Å²) >= 11 is 6.55. The molecule has 0 bridgehead atoms. The van der Waals surface area contributed by atoms with E-state index >= 15 is 0 Å². The van der Waals surface area contributed by atoms with E-state index in [9.17, 15) is 26.4 Å². The Morgan fingerprint density at radius 3 is 2.51 bits per heavy atom. The molecule has 2 heterocycles. The number of benzene rings is 2. The lowest BCUT2D eigenvalue weighted by Crippen LogP contribution is -2.36. The number of carbonyl (C=O) groups is 1. The van der Waals surface area contributed by atoms with Gasteiger partial charge in [0.1, 0.15) is 16.7 Å². The summed E-state index contributed by atoms with van der Waals surface area (Å²) in [6.07, 6.45) is 4.66. The van der Waals surface area contributed by atoms with Gasteiger partial charge in [-0.3, -0.25) is 9.59 Å². The maximum atomic E-state index is 13.7. The van der Waals surface area contributed by atoms with Crippen LogP contribution in [0.25, 0.3) is 21.8 Å². The summed E-state index contributed by atoms with van der Waals surface area (Å²) in [5.74, 6) is 0.0180. The van der Waals surface area contributed by atoms with E-state index in [2.05, 4.69) is 10.5 Å². The lowest BCUT2D eigenvalue weighted by atomic mass is 9.85. The second-order valence-electron chi connectivity index (χ2n) is 10.4.